The average molecular weight is 355 g/mol. The molecule has 118 valence electrons. The lowest BCUT2D eigenvalue weighted by Crippen LogP contribution is -2.40. The van der Waals surface area contributed by atoms with Gasteiger partial charge in [0.05, 0.1) is 11.0 Å². The predicted octanol–water partition coefficient (Wildman–Crippen LogP) is 2.09. The topological polar surface area (TPSA) is 101 Å². The Hall–Kier alpha value is -0.740. The number of nitro groups is 1. The maximum absolute atomic E-state index is 12.4. The largest absolute Gasteiger partial charge is 0.393 e. The monoisotopic (exact) mass is 354 g/mol. The maximum Gasteiger partial charge on any atom is 0.300 e. The minimum absolute atomic E-state index is 0.0812. The quantitative estimate of drug-likeness (QED) is 0.659. The van der Waals surface area contributed by atoms with E-state index in [4.69, 9.17) is 11.6 Å². The van der Waals surface area contributed by atoms with Crippen LogP contribution in [0.4, 0.5) is 5.69 Å². The normalized spacial score (nSPS) is 19.6. The van der Waals surface area contributed by atoms with E-state index >= 15 is 0 Å². The predicted molar refractivity (Wildman–Crippen MR) is 79.1 cm³/mol. The van der Waals surface area contributed by atoms with Crippen molar-refractivity contribution in [1.82, 2.24) is 4.31 Å². The van der Waals surface area contributed by atoms with E-state index in [1.807, 2.05) is 0 Å². The van der Waals surface area contributed by atoms with E-state index in [0.29, 0.717) is 37.3 Å². The van der Waals surface area contributed by atoms with Gasteiger partial charge >= 0.3 is 0 Å². The smallest absolute Gasteiger partial charge is 0.300 e. The molecule has 10 heteroatoms. The summed E-state index contributed by atoms with van der Waals surface area (Å²) >= 11 is 6.41. The van der Waals surface area contributed by atoms with Crippen LogP contribution in [-0.2, 0) is 10.0 Å². The number of piperidine rings is 1. The molecule has 1 unspecified atom stereocenters. The molecule has 0 amide bonds. The zero-order chi connectivity index (χ0) is 15.8. The highest BCUT2D eigenvalue weighted by Gasteiger charge is 2.34. The van der Waals surface area contributed by atoms with Crippen molar-refractivity contribution in [2.24, 2.45) is 5.92 Å². The third kappa shape index (κ3) is 3.37. The second kappa shape index (κ2) is 6.17. The van der Waals surface area contributed by atoms with Gasteiger partial charge in [0.2, 0.25) is 0 Å². The first-order valence-corrected chi connectivity index (χ1v) is 8.99. The van der Waals surface area contributed by atoms with Gasteiger partial charge in [0.15, 0.2) is 4.34 Å². The number of hydrogen-bond acceptors (Lipinski definition) is 6. The number of thiophene rings is 1. The molecule has 1 atom stereocenters. The maximum atomic E-state index is 12.4. The molecule has 1 aliphatic heterocycles. The Morgan fingerprint density at radius 2 is 2.10 bits per heavy atom. The molecule has 7 nitrogen and oxygen atoms in total. The molecule has 0 spiro atoms. The molecule has 0 aliphatic carbocycles. The molecule has 1 saturated heterocycles. The third-order valence-corrected chi connectivity index (χ3v) is 7.30. The second-order valence-corrected chi connectivity index (χ2v) is 8.78. The summed E-state index contributed by atoms with van der Waals surface area (Å²) in [7, 11) is -3.77. The van der Waals surface area contributed by atoms with Gasteiger partial charge in [-0.05, 0) is 25.7 Å². The molecule has 21 heavy (non-hydrogen) atoms. The fraction of sp³-hybridized carbons (Fsp3) is 0.636. The van der Waals surface area contributed by atoms with Crippen LogP contribution in [0, 0.1) is 16.0 Å². The lowest BCUT2D eigenvalue weighted by atomic mass is 9.93. The molecule has 2 rings (SSSR count). The molecule has 2 heterocycles. The van der Waals surface area contributed by atoms with Crippen molar-refractivity contribution < 1.29 is 18.4 Å². The van der Waals surface area contributed by atoms with Crippen LogP contribution in [-0.4, -0.2) is 41.9 Å². The summed E-state index contributed by atoms with van der Waals surface area (Å²) in [4.78, 5) is 10.1. The fourth-order valence-corrected chi connectivity index (χ4v) is 5.61. The summed E-state index contributed by atoms with van der Waals surface area (Å²) in [5.41, 5.74) is -0.390. The Morgan fingerprint density at radius 1 is 1.52 bits per heavy atom. The molecular formula is C11H15ClN2O5S2. The Bertz CT molecular complexity index is 635. The highest BCUT2D eigenvalue weighted by molar-refractivity contribution is 7.91. The van der Waals surface area contributed by atoms with Gasteiger partial charge in [-0.3, -0.25) is 10.1 Å². The van der Waals surface area contributed by atoms with Crippen LogP contribution in [0.1, 0.15) is 19.8 Å². The number of sulfonamides is 1. The minimum Gasteiger partial charge on any atom is -0.393 e. The van der Waals surface area contributed by atoms with E-state index in [2.05, 4.69) is 0 Å². The highest BCUT2D eigenvalue weighted by atomic mass is 35.5. The standard InChI is InChI=1S/C11H15ClN2O5S2/c1-7(15)8-2-4-13(5-3-8)21(18,19)10-6-9(14(16)17)11(12)20-10/h6-8,15H,2-5H2,1H3. The van der Waals surface area contributed by atoms with E-state index in [-0.39, 0.29) is 20.2 Å². The number of halogens is 1. The number of aliphatic hydroxyl groups excluding tert-OH is 1. The lowest BCUT2D eigenvalue weighted by Gasteiger charge is -2.32. The van der Waals surface area contributed by atoms with E-state index in [1.165, 1.54) is 4.31 Å². The summed E-state index contributed by atoms with van der Waals surface area (Å²) in [6, 6.07) is 1.00. The van der Waals surface area contributed by atoms with Crippen molar-refractivity contribution >= 4 is 38.6 Å². The second-order valence-electron chi connectivity index (χ2n) is 4.96. The van der Waals surface area contributed by atoms with Gasteiger partial charge in [-0.1, -0.05) is 11.6 Å². The summed E-state index contributed by atoms with van der Waals surface area (Å²) in [6.07, 6.45) is 0.669. The Morgan fingerprint density at radius 3 is 2.52 bits per heavy atom. The molecule has 1 aromatic heterocycles. The minimum atomic E-state index is -3.77. The number of rotatable bonds is 4. The number of hydrogen-bond donors (Lipinski definition) is 1. The first-order chi connectivity index (χ1) is 9.73. The van der Waals surface area contributed by atoms with Crippen LogP contribution in [0.3, 0.4) is 0 Å². The fourth-order valence-electron chi connectivity index (χ4n) is 2.32. The zero-order valence-electron chi connectivity index (χ0n) is 11.2. The van der Waals surface area contributed by atoms with Crippen molar-refractivity contribution in [2.75, 3.05) is 13.1 Å². The van der Waals surface area contributed by atoms with Crippen LogP contribution in [0.5, 0.6) is 0 Å². The first-order valence-electron chi connectivity index (χ1n) is 6.35. The molecule has 0 saturated carbocycles. The molecule has 0 aromatic carbocycles. The molecule has 1 aliphatic rings. The highest BCUT2D eigenvalue weighted by Crippen LogP contribution is 2.38. The van der Waals surface area contributed by atoms with Crippen molar-refractivity contribution in [3.8, 4) is 0 Å². The Balaban J connectivity index is 2.20. The van der Waals surface area contributed by atoms with Gasteiger partial charge in [-0.2, -0.15) is 4.31 Å². The van der Waals surface area contributed by atoms with Crippen LogP contribution >= 0.6 is 22.9 Å². The van der Waals surface area contributed by atoms with E-state index in [9.17, 15) is 23.6 Å². The summed E-state index contributed by atoms with van der Waals surface area (Å²) < 4.78 is 25.9. The van der Waals surface area contributed by atoms with Gasteiger partial charge < -0.3 is 5.11 Å². The van der Waals surface area contributed by atoms with Gasteiger partial charge in [0.1, 0.15) is 4.21 Å². The van der Waals surface area contributed by atoms with Gasteiger partial charge in [0.25, 0.3) is 15.7 Å². The number of aliphatic hydroxyl groups is 1. The Labute approximate surface area is 131 Å². The van der Waals surface area contributed by atoms with Crippen molar-refractivity contribution in [3.05, 3.63) is 20.5 Å². The van der Waals surface area contributed by atoms with E-state index in [0.717, 1.165) is 6.07 Å². The van der Waals surface area contributed by atoms with Crippen LogP contribution in [0.25, 0.3) is 0 Å². The van der Waals surface area contributed by atoms with Crippen LogP contribution < -0.4 is 0 Å². The van der Waals surface area contributed by atoms with E-state index in [1.54, 1.807) is 6.92 Å². The van der Waals surface area contributed by atoms with Gasteiger partial charge in [0, 0.05) is 19.2 Å². The van der Waals surface area contributed by atoms with Gasteiger partial charge in [-0.25, -0.2) is 8.42 Å². The van der Waals surface area contributed by atoms with Crippen molar-refractivity contribution in [2.45, 2.75) is 30.1 Å². The molecule has 1 N–H and O–H groups in total. The average Bonchev–Trinajstić information content (AvgIpc) is 2.82. The number of nitrogens with zero attached hydrogens (tertiary/aromatic N) is 2. The molecule has 1 fully saturated rings. The summed E-state index contributed by atoms with van der Waals surface area (Å²) in [5, 5.41) is 20.3. The van der Waals surface area contributed by atoms with Crippen LogP contribution in [0.2, 0.25) is 4.34 Å². The van der Waals surface area contributed by atoms with Gasteiger partial charge in [-0.15, -0.1) is 11.3 Å². The SMILES string of the molecule is CC(O)C1CCN(S(=O)(=O)c2cc([N+](=O)[O-])c(Cl)s2)CC1. The molecule has 0 radical (unpaired) electrons. The molecule has 0 bridgehead atoms. The van der Waals surface area contributed by atoms with Crippen LogP contribution in [0.15, 0.2) is 10.3 Å². The molecule has 1 aromatic rings. The molecular weight excluding hydrogens is 340 g/mol. The first kappa shape index (κ1) is 16.6. The van der Waals surface area contributed by atoms with Crippen molar-refractivity contribution in [1.29, 1.82) is 0 Å². The van der Waals surface area contributed by atoms with E-state index < -0.39 is 21.1 Å². The van der Waals surface area contributed by atoms with Crippen molar-refractivity contribution in [3.63, 3.8) is 0 Å². The summed E-state index contributed by atoms with van der Waals surface area (Å²) in [5.74, 6) is 0.0812. The lowest BCUT2D eigenvalue weighted by molar-refractivity contribution is -0.384. The zero-order valence-corrected chi connectivity index (χ0v) is 13.6. The Kier molecular flexibility index (Phi) is 4.89. The summed E-state index contributed by atoms with van der Waals surface area (Å²) in [6.45, 7) is 2.28. The third-order valence-electron chi connectivity index (χ3n) is 3.62.